The van der Waals surface area contributed by atoms with Gasteiger partial charge in [-0.25, -0.2) is 0 Å². The van der Waals surface area contributed by atoms with Gasteiger partial charge in [0.15, 0.2) is 0 Å². The zero-order chi connectivity index (χ0) is 45.7. The summed E-state index contributed by atoms with van der Waals surface area (Å²) in [6, 6.07) is 98.4. The normalized spacial score (nSPS) is 9.62. The lowest BCUT2D eigenvalue weighted by Crippen LogP contribution is -1.76. The second-order valence-electron chi connectivity index (χ2n) is 15.7. The zero-order valence-corrected chi connectivity index (χ0v) is 38.6. The Bertz CT molecular complexity index is 2430. The van der Waals surface area contributed by atoms with Gasteiger partial charge in [-0.2, -0.15) is 0 Å². The van der Waals surface area contributed by atoms with Gasteiger partial charge in [0.1, 0.15) is 0 Å². The lowest BCUT2D eigenvalue weighted by Gasteiger charge is -2.00. The van der Waals surface area contributed by atoms with Crippen molar-refractivity contribution in [2.75, 3.05) is 0 Å². The number of hydrogen-bond donors (Lipinski definition) is 0. The molecule has 10 rings (SSSR count). The fourth-order valence-electron chi connectivity index (χ4n) is 6.46. The van der Waals surface area contributed by atoms with Gasteiger partial charge in [-0.3, -0.25) is 0 Å². The predicted octanol–water partition coefficient (Wildman–Crippen LogP) is 18.3. The summed E-state index contributed by atoms with van der Waals surface area (Å²) in [7, 11) is 0. The van der Waals surface area contributed by atoms with E-state index in [0.29, 0.717) is 0 Å². The smallest absolute Gasteiger partial charge is 0.0184 e. The van der Waals surface area contributed by atoms with E-state index in [9.17, 15) is 0 Å². The molecule has 0 N–H and O–H groups in total. The molecule has 0 aromatic heterocycles. The first-order chi connectivity index (χ1) is 31.8. The van der Waals surface area contributed by atoms with Gasteiger partial charge in [-0.1, -0.05) is 313 Å². The third-order valence-electron chi connectivity index (χ3n) is 10.2. The Morgan fingerprint density at radius 3 is 0.385 bits per heavy atom. The first-order valence-corrected chi connectivity index (χ1v) is 22.3. The second-order valence-corrected chi connectivity index (χ2v) is 15.7. The second kappa shape index (κ2) is 28.0. The third kappa shape index (κ3) is 18.6. The van der Waals surface area contributed by atoms with Crippen LogP contribution in [0.3, 0.4) is 0 Å². The highest BCUT2D eigenvalue weighted by molar-refractivity contribution is 5.65. The molecule has 0 saturated carbocycles. The molecule has 322 valence electrons. The van der Waals surface area contributed by atoms with Crippen molar-refractivity contribution in [2.24, 2.45) is 0 Å². The molecule has 65 heavy (non-hydrogen) atoms. The number of rotatable bonds is 4. The van der Waals surface area contributed by atoms with E-state index in [1.807, 2.05) is 66.7 Å². The Labute approximate surface area is 390 Å². The van der Waals surface area contributed by atoms with Crippen LogP contribution in [0.4, 0.5) is 0 Å². The highest BCUT2D eigenvalue weighted by atomic mass is 14.0. The largest absolute Gasteiger partial charge is 0.0622 e. The highest BCUT2D eigenvalue weighted by Gasteiger charge is 1.96. The van der Waals surface area contributed by atoms with Crippen molar-refractivity contribution >= 4 is 0 Å². The van der Waals surface area contributed by atoms with Gasteiger partial charge in [0.05, 0.1) is 0 Å². The molecule has 0 aliphatic carbocycles. The van der Waals surface area contributed by atoms with Gasteiger partial charge >= 0.3 is 0 Å². The summed E-state index contributed by atoms with van der Waals surface area (Å²) in [5.41, 5.74) is 16.8. The van der Waals surface area contributed by atoms with Crippen molar-refractivity contribution in [3.8, 4) is 44.5 Å². The molecule has 0 aliphatic rings. The predicted molar refractivity (Wildman–Crippen MR) is 284 cm³/mol. The molecule has 0 amide bonds. The van der Waals surface area contributed by atoms with Crippen LogP contribution in [-0.2, 0) is 0 Å². The fraction of sp³-hybridized carbons (Fsp3) is 0.0769. The maximum Gasteiger partial charge on any atom is -0.0184 e. The SMILES string of the molecule is Cc1ccc(-c2ccccc2)cc1.Cc1ccc(-c2ccccc2)cc1.Cc1ccc(-c2ccccc2)cc1.Cc1ccccc1.Cc1ccccc1.c1ccc(-c2ccccc2)cc1. The Morgan fingerprint density at radius 2 is 0.246 bits per heavy atom. The molecule has 10 aromatic rings. The van der Waals surface area contributed by atoms with E-state index < -0.39 is 0 Å². The lowest BCUT2D eigenvalue weighted by molar-refractivity contribution is 1.47. The van der Waals surface area contributed by atoms with Crippen LogP contribution in [0.15, 0.2) is 285 Å². The van der Waals surface area contributed by atoms with Crippen LogP contribution in [0, 0.1) is 34.6 Å². The molecule has 0 bridgehead atoms. The summed E-state index contributed by atoms with van der Waals surface area (Å²) in [5.74, 6) is 0. The summed E-state index contributed by atoms with van der Waals surface area (Å²) in [6.45, 7) is 10.5. The summed E-state index contributed by atoms with van der Waals surface area (Å²) in [4.78, 5) is 0. The van der Waals surface area contributed by atoms with Crippen LogP contribution in [0.25, 0.3) is 44.5 Å². The van der Waals surface area contributed by atoms with Crippen molar-refractivity contribution in [3.63, 3.8) is 0 Å². The van der Waals surface area contributed by atoms with Gasteiger partial charge in [-0.15, -0.1) is 0 Å². The standard InChI is InChI=1S/3C13H12.C12H10.2C7H8/c3*1-11-7-9-13(10-8-11)12-5-3-2-4-6-12;1-3-7-11(8-4-1)12-9-5-2-6-10-12;2*1-7-5-3-2-4-6-7/h3*2-10H,1H3;1-10H;2*2-6H,1H3. The van der Waals surface area contributed by atoms with E-state index in [-0.39, 0.29) is 0 Å². The van der Waals surface area contributed by atoms with Gasteiger partial charge < -0.3 is 0 Å². The molecular weight excluding hydrogens is 781 g/mol. The van der Waals surface area contributed by atoms with Crippen molar-refractivity contribution in [3.05, 3.63) is 313 Å². The maximum absolute atomic E-state index is 2.16. The quantitative estimate of drug-likeness (QED) is 0.166. The van der Waals surface area contributed by atoms with Crippen LogP contribution < -0.4 is 0 Å². The molecule has 0 fully saturated rings. The Kier molecular flexibility index (Phi) is 20.8. The lowest BCUT2D eigenvalue weighted by atomic mass is 10.0. The molecule has 10 aromatic carbocycles. The molecule has 0 radical (unpaired) electrons. The molecule has 0 atom stereocenters. The van der Waals surface area contributed by atoms with Crippen LogP contribution in [-0.4, -0.2) is 0 Å². The molecule has 0 nitrogen and oxygen atoms in total. The number of aryl methyl sites for hydroxylation is 5. The topological polar surface area (TPSA) is 0 Å². The first kappa shape index (κ1) is 48.2. The molecule has 0 spiro atoms. The summed E-state index contributed by atoms with van der Waals surface area (Å²) in [5, 5.41) is 0. The number of benzene rings is 10. The average molecular weight is 843 g/mol. The molecule has 0 aliphatic heterocycles. The van der Waals surface area contributed by atoms with E-state index in [0.717, 1.165) is 0 Å². The van der Waals surface area contributed by atoms with E-state index in [1.54, 1.807) is 0 Å². The van der Waals surface area contributed by atoms with Crippen LogP contribution in [0.1, 0.15) is 27.8 Å². The van der Waals surface area contributed by atoms with Gasteiger partial charge in [0, 0.05) is 0 Å². The first-order valence-electron chi connectivity index (χ1n) is 22.3. The van der Waals surface area contributed by atoms with Gasteiger partial charge in [-0.05, 0) is 79.1 Å². The summed E-state index contributed by atoms with van der Waals surface area (Å²) in [6.07, 6.45) is 0. The van der Waals surface area contributed by atoms with E-state index >= 15 is 0 Å². The molecule has 0 saturated heterocycles. The molecule has 0 heteroatoms. The average Bonchev–Trinajstić information content (AvgIpc) is 3.37. The molecular formula is C65H62. The third-order valence-corrected chi connectivity index (χ3v) is 10.2. The molecule has 0 unspecified atom stereocenters. The number of hydrogen-bond acceptors (Lipinski definition) is 0. The van der Waals surface area contributed by atoms with Crippen molar-refractivity contribution < 1.29 is 0 Å². The van der Waals surface area contributed by atoms with Gasteiger partial charge in [0.2, 0.25) is 0 Å². The van der Waals surface area contributed by atoms with Crippen LogP contribution >= 0.6 is 0 Å². The Hall–Kier alpha value is -7.80. The van der Waals surface area contributed by atoms with E-state index in [1.165, 1.54) is 72.3 Å². The zero-order valence-electron chi connectivity index (χ0n) is 38.6. The van der Waals surface area contributed by atoms with Crippen molar-refractivity contribution in [1.29, 1.82) is 0 Å². The van der Waals surface area contributed by atoms with E-state index in [4.69, 9.17) is 0 Å². The Balaban J connectivity index is 0.000000149. The fourth-order valence-corrected chi connectivity index (χ4v) is 6.46. The maximum atomic E-state index is 2.16. The van der Waals surface area contributed by atoms with Crippen molar-refractivity contribution in [2.45, 2.75) is 34.6 Å². The summed E-state index contributed by atoms with van der Waals surface area (Å²) >= 11 is 0. The summed E-state index contributed by atoms with van der Waals surface area (Å²) < 4.78 is 0. The minimum atomic E-state index is 1.28. The van der Waals surface area contributed by atoms with Crippen LogP contribution in [0.2, 0.25) is 0 Å². The molecule has 0 heterocycles. The van der Waals surface area contributed by atoms with Crippen molar-refractivity contribution in [1.82, 2.24) is 0 Å². The van der Waals surface area contributed by atoms with E-state index in [2.05, 4.69) is 253 Å². The van der Waals surface area contributed by atoms with Gasteiger partial charge in [0.25, 0.3) is 0 Å². The minimum absolute atomic E-state index is 1.28. The highest BCUT2D eigenvalue weighted by Crippen LogP contribution is 2.21. The minimum Gasteiger partial charge on any atom is -0.0622 e. The monoisotopic (exact) mass is 842 g/mol. The van der Waals surface area contributed by atoms with Crippen LogP contribution in [0.5, 0.6) is 0 Å². The Morgan fingerprint density at radius 1 is 0.123 bits per heavy atom.